The number of anilines is 1. The van der Waals surface area contributed by atoms with Gasteiger partial charge < -0.3 is 20.1 Å². The number of fused-ring (bicyclic) bond motifs is 1. The molecule has 0 amide bonds. The maximum atomic E-state index is 9.34. The Balaban J connectivity index is 2.23. The summed E-state index contributed by atoms with van der Waals surface area (Å²) in [6.45, 7) is 0.342. The lowest BCUT2D eigenvalue weighted by atomic mass is 10.0. The molecule has 0 aliphatic rings. The van der Waals surface area contributed by atoms with Crippen LogP contribution in [0.5, 0.6) is 0 Å². The molecule has 0 saturated carbocycles. The van der Waals surface area contributed by atoms with Crippen molar-refractivity contribution in [3.63, 3.8) is 0 Å². The zero-order valence-electron chi connectivity index (χ0n) is 10.7. The first-order valence-electron chi connectivity index (χ1n) is 5.85. The van der Waals surface area contributed by atoms with Crippen molar-refractivity contribution in [1.29, 1.82) is 0 Å². The van der Waals surface area contributed by atoms with Crippen LogP contribution in [0.1, 0.15) is 6.42 Å². The van der Waals surface area contributed by atoms with E-state index in [9.17, 15) is 5.11 Å². The number of nitrogens with two attached hydrogens (primary N) is 1. The highest BCUT2D eigenvalue weighted by atomic mass is 16.5. The molecular formula is C13H16N4O2. The third-order valence-electron chi connectivity index (χ3n) is 3.25. The average molecular weight is 260 g/mol. The lowest BCUT2D eigenvalue weighted by Gasteiger charge is -2.24. The summed E-state index contributed by atoms with van der Waals surface area (Å²) in [5.74, 6) is 2.94. The molecule has 19 heavy (non-hydrogen) atoms. The maximum Gasteiger partial charge on any atom is 0.152 e. The van der Waals surface area contributed by atoms with Crippen LogP contribution in [-0.4, -0.2) is 39.0 Å². The SMILES string of the molecule is C#CC(CO)(CCn1ccc2c(N)ncnc21)OC. The normalized spacial score (nSPS) is 14.2. The van der Waals surface area contributed by atoms with E-state index in [1.54, 1.807) is 0 Å². The molecule has 0 aliphatic carbocycles. The Morgan fingerprint density at radius 2 is 2.37 bits per heavy atom. The van der Waals surface area contributed by atoms with Gasteiger partial charge in [0.15, 0.2) is 5.60 Å². The Bertz CT molecular complexity index is 611. The molecule has 100 valence electrons. The number of hydrogen-bond acceptors (Lipinski definition) is 5. The first-order chi connectivity index (χ1) is 9.15. The Labute approximate surface area is 111 Å². The van der Waals surface area contributed by atoms with E-state index in [4.69, 9.17) is 16.9 Å². The van der Waals surface area contributed by atoms with Crippen molar-refractivity contribution in [3.8, 4) is 12.3 Å². The molecular weight excluding hydrogens is 244 g/mol. The summed E-state index contributed by atoms with van der Waals surface area (Å²) < 4.78 is 7.12. The van der Waals surface area contributed by atoms with Gasteiger partial charge in [0.1, 0.15) is 17.8 Å². The molecule has 0 bridgehead atoms. The van der Waals surface area contributed by atoms with Gasteiger partial charge in [-0.3, -0.25) is 0 Å². The smallest absolute Gasteiger partial charge is 0.152 e. The van der Waals surface area contributed by atoms with Crippen molar-refractivity contribution >= 4 is 16.9 Å². The van der Waals surface area contributed by atoms with Crippen LogP contribution in [0.25, 0.3) is 11.0 Å². The Morgan fingerprint density at radius 3 is 3.00 bits per heavy atom. The van der Waals surface area contributed by atoms with E-state index in [1.807, 2.05) is 16.8 Å². The third kappa shape index (κ3) is 2.38. The standard InChI is InChI=1S/C13H16N4O2/c1-3-13(8-18,19-2)5-7-17-6-4-10-11(14)15-9-16-12(10)17/h1,4,6,9,18H,5,7-8H2,2H3,(H2,14,15,16). The van der Waals surface area contributed by atoms with Gasteiger partial charge in [-0.1, -0.05) is 5.92 Å². The van der Waals surface area contributed by atoms with E-state index in [0.717, 1.165) is 11.0 Å². The minimum Gasteiger partial charge on any atom is -0.392 e. The predicted molar refractivity (Wildman–Crippen MR) is 72.2 cm³/mol. The average Bonchev–Trinajstić information content (AvgIpc) is 2.86. The predicted octanol–water partition coefficient (Wildman–Crippen LogP) is 0.414. The second-order valence-electron chi connectivity index (χ2n) is 4.26. The molecule has 2 rings (SSSR count). The second-order valence-corrected chi connectivity index (χ2v) is 4.26. The fourth-order valence-corrected chi connectivity index (χ4v) is 1.93. The Kier molecular flexibility index (Phi) is 3.69. The number of ether oxygens (including phenoxy) is 1. The first-order valence-corrected chi connectivity index (χ1v) is 5.85. The number of terminal acetylenes is 1. The van der Waals surface area contributed by atoms with Gasteiger partial charge in [-0.05, 0) is 6.07 Å². The van der Waals surface area contributed by atoms with Crippen LogP contribution in [0, 0.1) is 12.3 Å². The molecule has 6 nitrogen and oxygen atoms in total. The maximum absolute atomic E-state index is 9.34. The molecule has 0 radical (unpaired) electrons. The summed E-state index contributed by atoms with van der Waals surface area (Å²) in [4.78, 5) is 8.13. The molecule has 2 aromatic heterocycles. The van der Waals surface area contributed by atoms with Gasteiger partial charge >= 0.3 is 0 Å². The summed E-state index contributed by atoms with van der Waals surface area (Å²) in [6.07, 6.45) is 9.18. The largest absolute Gasteiger partial charge is 0.392 e. The molecule has 0 aliphatic heterocycles. The highest BCUT2D eigenvalue weighted by Crippen LogP contribution is 2.20. The summed E-state index contributed by atoms with van der Waals surface area (Å²) in [6, 6.07) is 1.86. The molecule has 6 heteroatoms. The number of nitrogens with zero attached hydrogens (tertiary/aromatic N) is 3. The summed E-state index contributed by atoms with van der Waals surface area (Å²) in [7, 11) is 1.49. The van der Waals surface area contributed by atoms with Crippen LogP contribution in [0.4, 0.5) is 5.82 Å². The molecule has 0 aromatic carbocycles. The number of aliphatic hydroxyl groups excluding tert-OH is 1. The summed E-state index contributed by atoms with van der Waals surface area (Å²) >= 11 is 0. The lowest BCUT2D eigenvalue weighted by Crippen LogP contribution is -2.35. The van der Waals surface area contributed by atoms with Crippen LogP contribution in [0.15, 0.2) is 18.6 Å². The first kappa shape index (κ1) is 13.3. The second kappa shape index (κ2) is 5.26. The van der Waals surface area contributed by atoms with E-state index < -0.39 is 5.60 Å². The third-order valence-corrected chi connectivity index (χ3v) is 3.25. The lowest BCUT2D eigenvalue weighted by molar-refractivity contribution is -0.0147. The number of aryl methyl sites for hydroxylation is 1. The fourth-order valence-electron chi connectivity index (χ4n) is 1.93. The van der Waals surface area contributed by atoms with Crippen molar-refractivity contribution < 1.29 is 9.84 Å². The highest BCUT2D eigenvalue weighted by molar-refractivity contribution is 5.85. The van der Waals surface area contributed by atoms with Crippen molar-refractivity contribution in [2.75, 3.05) is 19.5 Å². The minimum absolute atomic E-state index is 0.226. The van der Waals surface area contributed by atoms with Crippen molar-refractivity contribution in [2.24, 2.45) is 0 Å². The number of aromatic nitrogens is 3. The van der Waals surface area contributed by atoms with Gasteiger partial charge in [-0.15, -0.1) is 6.42 Å². The van der Waals surface area contributed by atoms with Crippen molar-refractivity contribution in [3.05, 3.63) is 18.6 Å². The summed E-state index contributed by atoms with van der Waals surface area (Å²) in [5, 5.41) is 10.1. The van der Waals surface area contributed by atoms with E-state index >= 15 is 0 Å². The van der Waals surface area contributed by atoms with Crippen LogP contribution >= 0.6 is 0 Å². The van der Waals surface area contributed by atoms with Gasteiger partial charge in [-0.2, -0.15) is 0 Å². The monoisotopic (exact) mass is 260 g/mol. The van der Waals surface area contributed by atoms with E-state index in [2.05, 4.69) is 15.9 Å². The van der Waals surface area contributed by atoms with Gasteiger partial charge in [0.05, 0.1) is 12.0 Å². The number of nitrogen functional groups attached to an aromatic ring is 1. The molecule has 1 unspecified atom stereocenters. The summed E-state index contributed by atoms with van der Waals surface area (Å²) in [5.41, 5.74) is 5.55. The Morgan fingerprint density at radius 1 is 1.58 bits per heavy atom. The van der Waals surface area contributed by atoms with E-state index in [1.165, 1.54) is 13.4 Å². The molecule has 3 N–H and O–H groups in total. The van der Waals surface area contributed by atoms with Crippen LogP contribution in [0.3, 0.4) is 0 Å². The molecule has 0 spiro atoms. The van der Waals surface area contributed by atoms with Gasteiger partial charge in [0, 0.05) is 26.3 Å². The van der Waals surface area contributed by atoms with Crippen LogP contribution < -0.4 is 5.73 Å². The fraction of sp³-hybridized carbons (Fsp3) is 0.385. The molecule has 1 atom stereocenters. The number of hydrogen-bond donors (Lipinski definition) is 2. The molecule has 2 aromatic rings. The highest BCUT2D eigenvalue weighted by Gasteiger charge is 2.26. The molecule has 2 heterocycles. The van der Waals surface area contributed by atoms with Gasteiger partial charge in [-0.25, -0.2) is 9.97 Å². The van der Waals surface area contributed by atoms with E-state index in [0.29, 0.717) is 18.8 Å². The van der Waals surface area contributed by atoms with Gasteiger partial charge in [0.2, 0.25) is 0 Å². The molecule has 0 fully saturated rings. The molecule has 0 saturated heterocycles. The van der Waals surface area contributed by atoms with E-state index in [-0.39, 0.29) is 6.61 Å². The van der Waals surface area contributed by atoms with Crippen LogP contribution in [-0.2, 0) is 11.3 Å². The zero-order valence-corrected chi connectivity index (χ0v) is 10.7. The van der Waals surface area contributed by atoms with Gasteiger partial charge in [0.25, 0.3) is 0 Å². The van der Waals surface area contributed by atoms with Crippen molar-refractivity contribution in [1.82, 2.24) is 14.5 Å². The quantitative estimate of drug-likeness (QED) is 0.761. The zero-order chi connectivity index (χ0) is 13.9. The Hall–Kier alpha value is -2.10. The number of rotatable bonds is 5. The number of methoxy groups -OCH3 is 1. The van der Waals surface area contributed by atoms with Crippen LogP contribution in [0.2, 0.25) is 0 Å². The minimum atomic E-state index is -0.963. The number of aliphatic hydroxyl groups is 1. The van der Waals surface area contributed by atoms with Crippen molar-refractivity contribution in [2.45, 2.75) is 18.6 Å². The topological polar surface area (TPSA) is 86.2 Å².